The first kappa shape index (κ1) is 15.3. The van der Waals surface area contributed by atoms with Gasteiger partial charge in [0.2, 0.25) is 0 Å². The molecule has 3 rings (SSSR count). The molecule has 0 spiro atoms. The van der Waals surface area contributed by atoms with Crippen LogP contribution in [0.15, 0.2) is 42.7 Å². The Labute approximate surface area is 135 Å². The molecule has 0 aliphatic carbocycles. The number of pyridine rings is 2. The second-order valence-corrected chi connectivity index (χ2v) is 5.57. The Balaban J connectivity index is 1.48. The van der Waals surface area contributed by atoms with Crippen LogP contribution in [0.5, 0.6) is 0 Å². The Morgan fingerprint density at radius 2 is 1.87 bits per heavy atom. The Bertz CT molecular complexity index is 640. The molecule has 23 heavy (non-hydrogen) atoms. The molecule has 1 saturated heterocycles. The van der Waals surface area contributed by atoms with Crippen molar-refractivity contribution < 1.29 is 4.79 Å². The summed E-state index contributed by atoms with van der Waals surface area (Å²) in [5, 5.41) is 5.66. The average Bonchev–Trinajstić information content (AvgIpc) is 3.14. The maximum atomic E-state index is 11.9. The predicted molar refractivity (Wildman–Crippen MR) is 89.0 cm³/mol. The van der Waals surface area contributed by atoms with Crippen LogP contribution in [0.25, 0.3) is 0 Å². The van der Waals surface area contributed by atoms with Gasteiger partial charge in [-0.3, -0.25) is 4.98 Å². The molecule has 2 N–H and O–H groups in total. The molecule has 3 heterocycles. The van der Waals surface area contributed by atoms with E-state index >= 15 is 0 Å². The molecule has 2 aromatic rings. The Kier molecular flexibility index (Phi) is 5.03. The maximum absolute atomic E-state index is 11.9. The number of carbonyl (C=O) groups is 1. The van der Waals surface area contributed by atoms with Crippen LogP contribution in [0.2, 0.25) is 0 Å². The minimum Gasteiger partial charge on any atom is -0.357 e. The number of amides is 2. The van der Waals surface area contributed by atoms with E-state index in [1.807, 2.05) is 30.3 Å². The van der Waals surface area contributed by atoms with Gasteiger partial charge in [0, 0.05) is 32.0 Å². The van der Waals surface area contributed by atoms with E-state index in [1.54, 1.807) is 12.4 Å². The van der Waals surface area contributed by atoms with Gasteiger partial charge in [-0.1, -0.05) is 6.07 Å². The molecule has 0 atom stereocenters. The SMILES string of the molecule is O=C(NCc1ccnc(N2CCCC2)c1)NCc1ccccn1. The van der Waals surface area contributed by atoms with Gasteiger partial charge in [-0.25, -0.2) is 9.78 Å². The van der Waals surface area contributed by atoms with Crippen molar-refractivity contribution in [3.05, 3.63) is 54.0 Å². The first-order valence-electron chi connectivity index (χ1n) is 7.93. The number of hydrogen-bond acceptors (Lipinski definition) is 4. The lowest BCUT2D eigenvalue weighted by molar-refractivity contribution is 0.240. The normalized spacial score (nSPS) is 13.8. The number of urea groups is 1. The average molecular weight is 311 g/mol. The van der Waals surface area contributed by atoms with Gasteiger partial charge in [-0.15, -0.1) is 0 Å². The highest BCUT2D eigenvalue weighted by Crippen LogP contribution is 2.18. The van der Waals surface area contributed by atoms with Crippen LogP contribution >= 0.6 is 0 Å². The number of anilines is 1. The molecule has 1 aliphatic heterocycles. The summed E-state index contributed by atoms with van der Waals surface area (Å²) in [7, 11) is 0. The highest BCUT2D eigenvalue weighted by Gasteiger charge is 2.13. The third-order valence-electron chi connectivity index (χ3n) is 3.85. The molecular formula is C17H21N5O. The summed E-state index contributed by atoms with van der Waals surface area (Å²) in [6, 6.07) is 9.41. The van der Waals surface area contributed by atoms with Crippen molar-refractivity contribution in [3.8, 4) is 0 Å². The molecular weight excluding hydrogens is 290 g/mol. The van der Waals surface area contributed by atoms with Crippen LogP contribution in [0.3, 0.4) is 0 Å². The molecule has 1 fully saturated rings. The van der Waals surface area contributed by atoms with Gasteiger partial charge in [0.25, 0.3) is 0 Å². The molecule has 2 aromatic heterocycles. The molecule has 120 valence electrons. The van der Waals surface area contributed by atoms with Crippen molar-refractivity contribution in [1.82, 2.24) is 20.6 Å². The summed E-state index contributed by atoms with van der Waals surface area (Å²) >= 11 is 0. The van der Waals surface area contributed by atoms with Crippen LogP contribution in [-0.4, -0.2) is 29.1 Å². The third kappa shape index (κ3) is 4.42. The molecule has 0 radical (unpaired) electrons. The van der Waals surface area contributed by atoms with Crippen LogP contribution in [0.4, 0.5) is 10.6 Å². The predicted octanol–water partition coefficient (Wildman–Crippen LogP) is 2.08. The molecule has 0 unspecified atom stereocenters. The zero-order valence-corrected chi connectivity index (χ0v) is 13.0. The fraction of sp³-hybridized carbons (Fsp3) is 0.353. The zero-order chi connectivity index (χ0) is 15.9. The number of carbonyl (C=O) groups excluding carboxylic acids is 1. The van der Waals surface area contributed by atoms with E-state index in [1.165, 1.54) is 12.8 Å². The number of aromatic nitrogens is 2. The molecule has 2 amide bonds. The summed E-state index contributed by atoms with van der Waals surface area (Å²) in [5.74, 6) is 0.996. The third-order valence-corrected chi connectivity index (χ3v) is 3.85. The Morgan fingerprint density at radius 1 is 1.04 bits per heavy atom. The number of nitrogens with zero attached hydrogens (tertiary/aromatic N) is 3. The number of hydrogen-bond donors (Lipinski definition) is 2. The number of nitrogens with one attached hydrogen (secondary N) is 2. The van der Waals surface area contributed by atoms with E-state index in [-0.39, 0.29) is 6.03 Å². The van der Waals surface area contributed by atoms with Gasteiger partial charge in [0.1, 0.15) is 5.82 Å². The van der Waals surface area contributed by atoms with Gasteiger partial charge in [-0.2, -0.15) is 0 Å². The second-order valence-electron chi connectivity index (χ2n) is 5.57. The summed E-state index contributed by atoms with van der Waals surface area (Å²) in [5.41, 5.74) is 1.89. The van der Waals surface area contributed by atoms with Gasteiger partial charge < -0.3 is 15.5 Å². The minimum atomic E-state index is -0.199. The minimum absolute atomic E-state index is 0.199. The first-order chi connectivity index (χ1) is 11.3. The topological polar surface area (TPSA) is 70.2 Å². The van der Waals surface area contributed by atoms with Crippen molar-refractivity contribution in [2.75, 3.05) is 18.0 Å². The van der Waals surface area contributed by atoms with Crippen molar-refractivity contribution in [1.29, 1.82) is 0 Å². The van der Waals surface area contributed by atoms with E-state index < -0.39 is 0 Å². The highest BCUT2D eigenvalue weighted by molar-refractivity contribution is 5.73. The van der Waals surface area contributed by atoms with Crippen molar-refractivity contribution >= 4 is 11.8 Å². The van der Waals surface area contributed by atoms with Crippen molar-refractivity contribution in [2.45, 2.75) is 25.9 Å². The lowest BCUT2D eigenvalue weighted by Gasteiger charge is -2.17. The summed E-state index contributed by atoms with van der Waals surface area (Å²) in [4.78, 5) is 22.7. The Morgan fingerprint density at radius 3 is 2.65 bits per heavy atom. The lowest BCUT2D eigenvalue weighted by atomic mass is 10.2. The number of rotatable bonds is 5. The van der Waals surface area contributed by atoms with Crippen LogP contribution < -0.4 is 15.5 Å². The molecule has 6 nitrogen and oxygen atoms in total. The van der Waals surface area contributed by atoms with Gasteiger partial charge in [0.05, 0.1) is 12.2 Å². The summed E-state index contributed by atoms with van der Waals surface area (Å²) in [6.45, 7) is 3.03. The smallest absolute Gasteiger partial charge is 0.315 e. The highest BCUT2D eigenvalue weighted by atomic mass is 16.2. The molecule has 1 aliphatic rings. The molecule has 0 bridgehead atoms. The van der Waals surface area contributed by atoms with Crippen molar-refractivity contribution in [2.24, 2.45) is 0 Å². The van der Waals surface area contributed by atoms with E-state index in [2.05, 4.69) is 25.5 Å². The summed E-state index contributed by atoms with van der Waals surface area (Å²) < 4.78 is 0. The van der Waals surface area contributed by atoms with Gasteiger partial charge in [0.15, 0.2) is 0 Å². The largest absolute Gasteiger partial charge is 0.357 e. The molecule has 0 saturated carbocycles. The van der Waals surface area contributed by atoms with Crippen LogP contribution in [0, 0.1) is 0 Å². The fourth-order valence-corrected chi connectivity index (χ4v) is 2.61. The fourth-order valence-electron chi connectivity index (χ4n) is 2.61. The van der Waals surface area contributed by atoms with Crippen LogP contribution in [0.1, 0.15) is 24.1 Å². The maximum Gasteiger partial charge on any atom is 0.315 e. The van der Waals surface area contributed by atoms with Gasteiger partial charge >= 0.3 is 6.03 Å². The monoisotopic (exact) mass is 311 g/mol. The quantitative estimate of drug-likeness (QED) is 0.887. The van der Waals surface area contributed by atoms with E-state index in [0.717, 1.165) is 30.2 Å². The standard InChI is InChI=1S/C17H21N5O/c23-17(21-13-15-5-1-2-7-18-15)20-12-14-6-8-19-16(11-14)22-9-3-4-10-22/h1-2,5-8,11H,3-4,9-10,12-13H2,(H2,20,21,23). The lowest BCUT2D eigenvalue weighted by Crippen LogP contribution is -2.34. The van der Waals surface area contributed by atoms with E-state index in [0.29, 0.717) is 13.1 Å². The molecule has 6 heteroatoms. The van der Waals surface area contributed by atoms with Gasteiger partial charge in [-0.05, 0) is 42.7 Å². The second kappa shape index (κ2) is 7.58. The first-order valence-corrected chi connectivity index (χ1v) is 7.93. The zero-order valence-electron chi connectivity index (χ0n) is 13.0. The molecule has 0 aromatic carbocycles. The van der Waals surface area contributed by atoms with E-state index in [4.69, 9.17) is 0 Å². The van der Waals surface area contributed by atoms with E-state index in [9.17, 15) is 4.79 Å². The Hall–Kier alpha value is -2.63. The summed E-state index contributed by atoms with van der Waals surface area (Å²) in [6.07, 6.45) is 5.96. The van der Waals surface area contributed by atoms with Crippen molar-refractivity contribution in [3.63, 3.8) is 0 Å². The van der Waals surface area contributed by atoms with Crippen LogP contribution in [-0.2, 0) is 13.1 Å².